The second kappa shape index (κ2) is 7.35. The van der Waals surface area contributed by atoms with Gasteiger partial charge >= 0.3 is 0 Å². The van der Waals surface area contributed by atoms with E-state index < -0.39 is 0 Å². The minimum Gasteiger partial charge on any atom is -0.308 e. The molecule has 3 nitrogen and oxygen atoms in total. The number of nitrogens with zero attached hydrogens (tertiary/aromatic N) is 2. The highest BCUT2D eigenvalue weighted by Crippen LogP contribution is 2.52. The van der Waals surface area contributed by atoms with Crippen LogP contribution in [0.5, 0.6) is 0 Å². The Morgan fingerprint density at radius 2 is 1.52 bits per heavy atom. The average Bonchev–Trinajstić information content (AvgIpc) is 3.16. The summed E-state index contributed by atoms with van der Waals surface area (Å²) in [6.45, 7) is 4.03. The molecule has 1 saturated heterocycles. The van der Waals surface area contributed by atoms with Crippen LogP contribution in [0.15, 0.2) is 78.9 Å². The van der Waals surface area contributed by atoms with E-state index >= 15 is 0 Å². The molecule has 3 heteroatoms. The van der Waals surface area contributed by atoms with Gasteiger partial charge in [0.1, 0.15) is 0 Å². The molecule has 3 aliphatic rings. The molecule has 0 spiro atoms. The summed E-state index contributed by atoms with van der Waals surface area (Å²) in [5.74, 6) is 1.04. The van der Waals surface area contributed by atoms with Crippen molar-refractivity contribution in [3.63, 3.8) is 0 Å². The number of anilines is 1. The number of carbonyl (C=O) groups excluding carboxylic acids is 1. The first kappa shape index (κ1) is 18.8. The third kappa shape index (κ3) is 2.87. The summed E-state index contributed by atoms with van der Waals surface area (Å²) in [5.41, 5.74) is 6.78. The largest absolute Gasteiger partial charge is 0.308 e. The van der Waals surface area contributed by atoms with E-state index in [2.05, 4.69) is 88.7 Å². The smallest absolute Gasteiger partial charge is 0.226 e. The molecule has 3 aromatic rings. The molecule has 3 heterocycles. The molecule has 0 radical (unpaired) electrons. The number of benzene rings is 3. The van der Waals surface area contributed by atoms with Gasteiger partial charge in [-0.25, -0.2) is 0 Å². The zero-order valence-corrected chi connectivity index (χ0v) is 17.9. The summed E-state index contributed by atoms with van der Waals surface area (Å²) in [6.07, 6.45) is 1.56. The molecular weight excluding hydrogens is 380 g/mol. The molecule has 0 saturated carbocycles. The summed E-state index contributed by atoms with van der Waals surface area (Å²) < 4.78 is 0. The zero-order chi connectivity index (χ0) is 20.9. The standard InChI is InChI=1S/C28H28N2O/c1-2-28(31)30-25-15-9-8-14-22(25)24-18-29-17-23(19-10-4-3-5-11-19)20-12-6-7-13-21(20)26(29)16-27(24)30/h3-15,23-24,26-27H,2,16-18H2,1H3/t23-,24?,26-,27+/m0/s1. The lowest BCUT2D eigenvalue weighted by atomic mass is 9.75. The highest BCUT2D eigenvalue weighted by molar-refractivity contribution is 5.96. The Labute approximate surface area is 184 Å². The number of piperidine rings is 1. The zero-order valence-electron chi connectivity index (χ0n) is 17.9. The second-order valence-electron chi connectivity index (χ2n) is 9.15. The lowest BCUT2D eigenvalue weighted by molar-refractivity contribution is -0.119. The number of para-hydroxylation sites is 1. The summed E-state index contributed by atoms with van der Waals surface area (Å²) >= 11 is 0. The first-order valence-corrected chi connectivity index (χ1v) is 11.5. The first-order valence-electron chi connectivity index (χ1n) is 11.5. The van der Waals surface area contributed by atoms with Crippen LogP contribution in [0, 0.1) is 0 Å². The van der Waals surface area contributed by atoms with Gasteiger partial charge in [0.05, 0.1) is 0 Å². The summed E-state index contributed by atoms with van der Waals surface area (Å²) in [5, 5.41) is 0. The minimum absolute atomic E-state index is 0.250. The van der Waals surface area contributed by atoms with Crippen LogP contribution in [0.25, 0.3) is 0 Å². The molecule has 0 aromatic heterocycles. The van der Waals surface area contributed by atoms with Crippen LogP contribution in [0.1, 0.15) is 59.9 Å². The van der Waals surface area contributed by atoms with Crippen molar-refractivity contribution in [2.24, 2.45) is 0 Å². The van der Waals surface area contributed by atoms with Crippen molar-refractivity contribution in [3.8, 4) is 0 Å². The second-order valence-corrected chi connectivity index (χ2v) is 9.15. The Bertz CT molecular complexity index is 1120. The lowest BCUT2D eigenvalue weighted by Gasteiger charge is -2.49. The van der Waals surface area contributed by atoms with Crippen LogP contribution >= 0.6 is 0 Å². The summed E-state index contributed by atoms with van der Waals surface area (Å²) in [7, 11) is 0. The van der Waals surface area contributed by atoms with Gasteiger partial charge in [-0.1, -0.05) is 79.7 Å². The number of amides is 1. The number of rotatable bonds is 2. The third-order valence-electron chi connectivity index (χ3n) is 7.65. The molecule has 3 aromatic carbocycles. The molecule has 156 valence electrons. The maximum absolute atomic E-state index is 13.0. The van der Waals surface area contributed by atoms with E-state index in [1.807, 2.05) is 6.92 Å². The van der Waals surface area contributed by atoms with Crippen LogP contribution < -0.4 is 4.90 Å². The molecule has 3 aliphatic heterocycles. The van der Waals surface area contributed by atoms with Gasteiger partial charge in [-0.15, -0.1) is 0 Å². The van der Waals surface area contributed by atoms with Crippen molar-refractivity contribution in [2.45, 2.75) is 43.7 Å². The SMILES string of the molecule is CCC(=O)N1c2ccccc2C2CN3C[C@@H](c4ccccc4)c4ccccc4[C@@H]3C[C@H]21. The van der Waals surface area contributed by atoms with Crippen LogP contribution in [-0.2, 0) is 4.79 Å². The molecule has 1 amide bonds. The van der Waals surface area contributed by atoms with E-state index in [0.717, 1.165) is 25.2 Å². The average molecular weight is 409 g/mol. The van der Waals surface area contributed by atoms with Gasteiger partial charge in [0, 0.05) is 49.1 Å². The van der Waals surface area contributed by atoms with Crippen molar-refractivity contribution in [1.29, 1.82) is 0 Å². The van der Waals surface area contributed by atoms with Gasteiger partial charge in [0.15, 0.2) is 0 Å². The number of hydrogen-bond donors (Lipinski definition) is 0. The molecule has 6 rings (SSSR count). The highest BCUT2D eigenvalue weighted by Gasteiger charge is 2.49. The van der Waals surface area contributed by atoms with E-state index in [0.29, 0.717) is 24.3 Å². The van der Waals surface area contributed by atoms with Crippen LogP contribution in [-0.4, -0.2) is 29.9 Å². The number of carbonyl (C=O) groups is 1. The Morgan fingerprint density at radius 3 is 2.29 bits per heavy atom. The van der Waals surface area contributed by atoms with Gasteiger partial charge in [-0.05, 0) is 34.7 Å². The highest BCUT2D eigenvalue weighted by atomic mass is 16.2. The van der Waals surface area contributed by atoms with Gasteiger partial charge in [0.25, 0.3) is 0 Å². The molecule has 0 aliphatic carbocycles. The van der Waals surface area contributed by atoms with Crippen LogP contribution in [0.2, 0.25) is 0 Å². The van der Waals surface area contributed by atoms with Crippen molar-refractivity contribution in [2.75, 3.05) is 18.0 Å². The van der Waals surface area contributed by atoms with Crippen LogP contribution in [0.4, 0.5) is 5.69 Å². The summed E-state index contributed by atoms with van der Waals surface area (Å²) in [4.78, 5) is 17.8. The van der Waals surface area contributed by atoms with E-state index in [1.54, 1.807) is 0 Å². The minimum atomic E-state index is 0.250. The van der Waals surface area contributed by atoms with E-state index in [1.165, 1.54) is 22.3 Å². The fourth-order valence-corrected chi connectivity index (χ4v) is 6.28. The van der Waals surface area contributed by atoms with Crippen molar-refractivity contribution >= 4 is 11.6 Å². The Balaban J connectivity index is 1.43. The third-order valence-corrected chi connectivity index (χ3v) is 7.65. The Morgan fingerprint density at radius 1 is 0.839 bits per heavy atom. The maximum atomic E-state index is 13.0. The lowest BCUT2D eigenvalue weighted by Crippen LogP contribution is -2.51. The fraction of sp³-hybridized carbons (Fsp3) is 0.321. The van der Waals surface area contributed by atoms with Gasteiger partial charge in [-0.2, -0.15) is 0 Å². The van der Waals surface area contributed by atoms with Gasteiger partial charge in [-0.3, -0.25) is 9.69 Å². The Kier molecular flexibility index (Phi) is 4.46. The topological polar surface area (TPSA) is 23.6 Å². The number of fused-ring (bicyclic) bond motifs is 6. The predicted molar refractivity (Wildman–Crippen MR) is 124 cm³/mol. The predicted octanol–water partition coefficient (Wildman–Crippen LogP) is 5.49. The molecule has 0 bridgehead atoms. The van der Waals surface area contributed by atoms with Crippen molar-refractivity contribution in [1.82, 2.24) is 4.90 Å². The molecule has 1 fully saturated rings. The van der Waals surface area contributed by atoms with Gasteiger partial charge < -0.3 is 4.90 Å². The monoisotopic (exact) mass is 408 g/mol. The normalized spacial score (nSPS) is 26.5. The molecule has 4 atom stereocenters. The first-order chi connectivity index (χ1) is 15.3. The van der Waals surface area contributed by atoms with E-state index in [9.17, 15) is 4.79 Å². The van der Waals surface area contributed by atoms with Crippen molar-refractivity contribution in [3.05, 3.63) is 101 Å². The molecular formula is C28H28N2O. The van der Waals surface area contributed by atoms with Crippen molar-refractivity contribution < 1.29 is 4.79 Å². The van der Waals surface area contributed by atoms with E-state index in [-0.39, 0.29) is 11.9 Å². The Hall–Kier alpha value is -2.91. The van der Waals surface area contributed by atoms with Crippen LogP contribution in [0.3, 0.4) is 0 Å². The molecule has 0 N–H and O–H groups in total. The number of hydrogen-bond acceptors (Lipinski definition) is 2. The molecule has 1 unspecified atom stereocenters. The summed E-state index contributed by atoms with van der Waals surface area (Å²) in [6, 6.07) is 29.1. The van der Waals surface area contributed by atoms with E-state index in [4.69, 9.17) is 0 Å². The fourth-order valence-electron chi connectivity index (χ4n) is 6.28. The van der Waals surface area contributed by atoms with Gasteiger partial charge in [0.2, 0.25) is 5.91 Å². The quantitative estimate of drug-likeness (QED) is 0.560. The molecule has 31 heavy (non-hydrogen) atoms. The maximum Gasteiger partial charge on any atom is 0.226 e.